The van der Waals surface area contributed by atoms with Crippen molar-refractivity contribution in [2.75, 3.05) is 50.2 Å². The van der Waals surface area contributed by atoms with Crippen LogP contribution in [0.3, 0.4) is 0 Å². The Morgan fingerprint density at radius 2 is 1.94 bits per heavy atom. The number of hydrogen-bond acceptors (Lipinski definition) is 6. The number of anilines is 2. The third kappa shape index (κ3) is 5.41. The van der Waals surface area contributed by atoms with E-state index in [0.717, 1.165) is 57.5 Å². The number of hydrogen-bond donors (Lipinski definition) is 1. The second-order valence-corrected chi connectivity index (χ2v) is 9.45. The molecule has 2 aliphatic heterocycles. The number of carbonyl (C=O) groups is 1. The SMILES string of the molecule is COc1cccc(Cc2nc3c(c(N4CCOCC4)n2)CN(C(=O)Nc2ccccc2Br)CC3)c1. The quantitative estimate of drug-likeness (QED) is 0.523. The van der Waals surface area contributed by atoms with Gasteiger partial charge >= 0.3 is 6.03 Å². The molecular weight excluding hydrogens is 510 g/mol. The third-order valence-electron chi connectivity index (χ3n) is 6.29. The van der Waals surface area contributed by atoms with Gasteiger partial charge in [-0.1, -0.05) is 24.3 Å². The lowest BCUT2D eigenvalue weighted by molar-refractivity contribution is 0.122. The Labute approximate surface area is 213 Å². The molecule has 2 aromatic carbocycles. The fourth-order valence-corrected chi connectivity index (χ4v) is 4.84. The first kappa shape index (κ1) is 23.6. The normalized spacial score (nSPS) is 15.5. The van der Waals surface area contributed by atoms with Crippen molar-refractivity contribution < 1.29 is 14.3 Å². The van der Waals surface area contributed by atoms with Crippen molar-refractivity contribution in [1.29, 1.82) is 0 Å². The first-order valence-corrected chi connectivity index (χ1v) is 12.5. The van der Waals surface area contributed by atoms with Crippen molar-refractivity contribution in [1.82, 2.24) is 14.9 Å². The summed E-state index contributed by atoms with van der Waals surface area (Å²) in [5, 5.41) is 3.02. The molecule has 2 aliphatic rings. The Morgan fingerprint density at radius 3 is 2.74 bits per heavy atom. The molecule has 182 valence electrons. The van der Waals surface area contributed by atoms with Crippen LogP contribution in [0, 0.1) is 0 Å². The summed E-state index contributed by atoms with van der Waals surface area (Å²) in [7, 11) is 1.67. The van der Waals surface area contributed by atoms with E-state index < -0.39 is 0 Å². The van der Waals surface area contributed by atoms with Crippen molar-refractivity contribution in [2.24, 2.45) is 0 Å². The number of rotatable bonds is 5. The summed E-state index contributed by atoms with van der Waals surface area (Å²) in [5.74, 6) is 2.51. The van der Waals surface area contributed by atoms with Crippen LogP contribution in [0.15, 0.2) is 53.0 Å². The number of nitrogens with zero attached hydrogens (tertiary/aromatic N) is 4. The van der Waals surface area contributed by atoms with E-state index in [2.05, 4.69) is 32.2 Å². The number of para-hydroxylation sites is 1. The molecule has 0 spiro atoms. The van der Waals surface area contributed by atoms with Crippen LogP contribution < -0.4 is 15.0 Å². The minimum absolute atomic E-state index is 0.129. The molecule has 9 heteroatoms. The van der Waals surface area contributed by atoms with Gasteiger partial charge in [0.15, 0.2) is 0 Å². The maximum atomic E-state index is 13.1. The molecular formula is C26H28BrN5O3. The van der Waals surface area contributed by atoms with Gasteiger partial charge in [-0.15, -0.1) is 0 Å². The van der Waals surface area contributed by atoms with E-state index in [1.807, 2.05) is 47.4 Å². The number of methoxy groups -OCH3 is 1. The van der Waals surface area contributed by atoms with E-state index in [4.69, 9.17) is 19.4 Å². The average Bonchev–Trinajstić information content (AvgIpc) is 2.90. The second-order valence-electron chi connectivity index (χ2n) is 8.60. The topological polar surface area (TPSA) is 79.8 Å². The predicted octanol–water partition coefficient (Wildman–Crippen LogP) is 4.27. The molecule has 0 radical (unpaired) electrons. The van der Waals surface area contributed by atoms with E-state index in [9.17, 15) is 4.79 Å². The Morgan fingerprint density at radius 1 is 1.11 bits per heavy atom. The van der Waals surface area contributed by atoms with Gasteiger partial charge in [0.1, 0.15) is 17.4 Å². The molecule has 1 fully saturated rings. The van der Waals surface area contributed by atoms with Gasteiger partial charge in [0.2, 0.25) is 0 Å². The van der Waals surface area contributed by atoms with Crippen LogP contribution in [0.4, 0.5) is 16.3 Å². The van der Waals surface area contributed by atoms with Gasteiger partial charge in [0, 0.05) is 42.5 Å². The van der Waals surface area contributed by atoms with Crippen LogP contribution in [0.1, 0.15) is 22.6 Å². The van der Waals surface area contributed by atoms with Crippen LogP contribution in [-0.2, 0) is 24.1 Å². The monoisotopic (exact) mass is 537 g/mol. The zero-order chi connectivity index (χ0) is 24.2. The summed E-state index contributed by atoms with van der Waals surface area (Å²) < 4.78 is 11.8. The molecule has 1 saturated heterocycles. The minimum Gasteiger partial charge on any atom is -0.497 e. The molecule has 3 heterocycles. The van der Waals surface area contributed by atoms with Gasteiger partial charge in [0.05, 0.1) is 38.2 Å². The zero-order valence-corrected chi connectivity index (χ0v) is 21.3. The minimum atomic E-state index is -0.129. The summed E-state index contributed by atoms with van der Waals surface area (Å²) in [4.78, 5) is 27.1. The maximum absolute atomic E-state index is 13.1. The molecule has 1 N–H and O–H groups in total. The number of ether oxygens (including phenoxy) is 2. The third-order valence-corrected chi connectivity index (χ3v) is 6.99. The summed E-state index contributed by atoms with van der Waals surface area (Å²) in [5.41, 5.74) is 3.89. The van der Waals surface area contributed by atoms with Crippen LogP contribution in [0.2, 0.25) is 0 Å². The van der Waals surface area contributed by atoms with Crippen LogP contribution in [0.25, 0.3) is 0 Å². The van der Waals surface area contributed by atoms with Gasteiger partial charge in [-0.3, -0.25) is 0 Å². The van der Waals surface area contributed by atoms with E-state index in [1.165, 1.54) is 0 Å². The predicted molar refractivity (Wildman–Crippen MR) is 138 cm³/mol. The fraction of sp³-hybridized carbons (Fsp3) is 0.346. The van der Waals surface area contributed by atoms with Gasteiger partial charge in [-0.25, -0.2) is 14.8 Å². The lowest BCUT2D eigenvalue weighted by Crippen LogP contribution is -2.42. The summed E-state index contributed by atoms with van der Waals surface area (Å²) in [6, 6.07) is 15.5. The van der Waals surface area contributed by atoms with Crippen molar-refractivity contribution in [3.8, 4) is 5.75 Å². The molecule has 0 saturated carbocycles. The van der Waals surface area contributed by atoms with E-state index in [-0.39, 0.29) is 6.03 Å². The molecule has 35 heavy (non-hydrogen) atoms. The van der Waals surface area contributed by atoms with Crippen LogP contribution in [-0.4, -0.2) is 60.9 Å². The van der Waals surface area contributed by atoms with Gasteiger partial charge in [0.25, 0.3) is 0 Å². The standard InChI is InChI=1S/C26H28BrN5O3/c1-34-19-6-4-5-18(15-19)16-24-28-22-9-10-32(26(33)29-23-8-3-2-7-21(23)27)17-20(22)25(30-24)31-11-13-35-14-12-31/h2-8,15H,9-14,16-17H2,1H3,(H,29,33). The van der Waals surface area contributed by atoms with Crippen molar-refractivity contribution in [3.05, 3.63) is 75.6 Å². The lowest BCUT2D eigenvalue weighted by Gasteiger charge is -2.34. The number of halogens is 1. The second kappa shape index (κ2) is 10.6. The smallest absolute Gasteiger partial charge is 0.322 e. The number of benzene rings is 2. The van der Waals surface area contributed by atoms with E-state index >= 15 is 0 Å². The summed E-state index contributed by atoms with van der Waals surface area (Å²) in [6.45, 7) is 3.93. The highest BCUT2D eigenvalue weighted by Crippen LogP contribution is 2.29. The molecule has 0 bridgehead atoms. The highest BCUT2D eigenvalue weighted by atomic mass is 79.9. The largest absolute Gasteiger partial charge is 0.497 e. The van der Waals surface area contributed by atoms with Crippen molar-refractivity contribution >= 4 is 33.5 Å². The zero-order valence-electron chi connectivity index (χ0n) is 19.7. The summed E-state index contributed by atoms with van der Waals surface area (Å²) >= 11 is 3.50. The van der Waals surface area contributed by atoms with Gasteiger partial charge in [-0.05, 0) is 45.8 Å². The van der Waals surface area contributed by atoms with Crippen LogP contribution >= 0.6 is 15.9 Å². The van der Waals surface area contributed by atoms with Gasteiger partial charge in [-0.2, -0.15) is 0 Å². The molecule has 2 amide bonds. The Bertz CT molecular complexity index is 1220. The number of morpholine rings is 1. The molecule has 5 rings (SSSR count). The maximum Gasteiger partial charge on any atom is 0.322 e. The van der Waals surface area contributed by atoms with Crippen molar-refractivity contribution in [2.45, 2.75) is 19.4 Å². The Kier molecular flexibility index (Phi) is 7.15. The Balaban J connectivity index is 1.42. The summed E-state index contributed by atoms with van der Waals surface area (Å²) in [6.07, 6.45) is 1.30. The number of carbonyl (C=O) groups excluding carboxylic acids is 1. The fourth-order valence-electron chi connectivity index (χ4n) is 4.46. The average molecular weight is 538 g/mol. The molecule has 1 aromatic heterocycles. The highest BCUT2D eigenvalue weighted by Gasteiger charge is 2.28. The molecule has 3 aromatic rings. The van der Waals surface area contributed by atoms with E-state index in [1.54, 1.807) is 7.11 Å². The van der Waals surface area contributed by atoms with Crippen molar-refractivity contribution in [3.63, 3.8) is 0 Å². The first-order chi connectivity index (χ1) is 17.1. The van der Waals surface area contributed by atoms with Gasteiger partial charge < -0.3 is 24.6 Å². The number of fused-ring (bicyclic) bond motifs is 1. The molecule has 0 unspecified atom stereocenters. The number of nitrogens with one attached hydrogen (secondary N) is 1. The number of urea groups is 1. The molecule has 8 nitrogen and oxygen atoms in total. The Hall–Kier alpha value is -3.17. The highest BCUT2D eigenvalue weighted by molar-refractivity contribution is 9.10. The van der Waals surface area contributed by atoms with Crippen LogP contribution in [0.5, 0.6) is 5.75 Å². The van der Waals surface area contributed by atoms with E-state index in [0.29, 0.717) is 39.1 Å². The first-order valence-electron chi connectivity index (χ1n) is 11.8. The number of amides is 2. The lowest BCUT2D eigenvalue weighted by atomic mass is 10.0. The molecule has 0 aliphatic carbocycles. The number of aromatic nitrogens is 2. The molecule has 0 atom stereocenters.